The molecule has 3 N–H and O–H groups in total. The standard InChI is InChI=1S/C7H6ClN3O2/c8-5-1-3-6(4-2-5)11-9-7(12)13-10-11/h1-4,10H,(H,9,12)/p+1. The Hall–Kier alpha value is -1.30. The lowest BCUT2D eigenvalue weighted by Gasteiger charge is -2.05. The van der Waals surface area contributed by atoms with Crippen LogP contribution < -0.4 is 16.1 Å². The zero-order valence-corrected chi connectivity index (χ0v) is 7.26. The first-order chi connectivity index (χ1) is 6.25. The van der Waals surface area contributed by atoms with E-state index in [-0.39, 0.29) is 0 Å². The van der Waals surface area contributed by atoms with Crippen molar-refractivity contribution in [2.75, 3.05) is 0 Å². The van der Waals surface area contributed by atoms with E-state index in [4.69, 9.17) is 11.6 Å². The molecule has 0 spiro atoms. The fourth-order valence-corrected chi connectivity index (χ4v) is 1.12. The van der Waals surface area contributed by atoms with Crippen molar-refractivity contribution in [3.63, 3.8) is 0 Å². The highest BCUT2D eigenvalue weighted by atomic mass is 35.5. The van der Waals surface area contributed by atoms with Crippen molar-refractivity contribution in [2.45, 2.75) is 0 Å². The summed E-state index contributed by atoms with van der Waals surface area (Å²) >= 11 is 5.70. The summed E-state index contributed by atoms with van der Waals surface area (Å²) in [5, 5.41) is 1.18. The van der Waals surface area contributed by atoms with Gasteiger partial charge in [-0.15, -0.1) is 5.43 Å². The first-order valence-electron chi connectivity index (χ1n) is 3.62. The second kappa shape index (κ2) is 3.21. The van der Waals surface area contributed by atoms with Gasteiger partial charge in [-0.2, -0.15) is 0 Å². The van der Waals surface area contributed by atoms with Gasteiger partial charge in [0.15, 0.2) is 5.69 Å². The van der Waals surface area contributed by atoms with E-state index in [1.165, 1.54) is 0 Å². The van der Waals surface area contributed by atoms with Gasteiger partial charge in [0.25, 0.3) is 0 Å². The smallest absolute Gasteiger partial charge is 0.300 e. The molecule has 0 saturated carbocycles. The maximum atomic E-state index is 10.7. The monoisotopic (exact) mass is 200 g/mol. The molecule has 6 heteroatoms. The molecule has 1 aromatic carbocycles. The van der Waals surface area contributed by atoms with Crippen LogP contribution in [0.15, 0.2) is 24.3 Å². The summed E-state index contributed by atoms with van der Waals surface area (Å²) < 4.78 is 0. The predicted molar refractivity (Wildman–Crippen MR) is 44.8 cm³/mol. The lowest BCUT2D eigenvalue weighted by atomic mass is 10.3. The van der Waals surface area contributed by atoms with Crippen LogP contribution in [0.25, 0.3) is 0 Å². The average Bonchev–Trinajstić information content (AvgIpc) is 2.53. The molecule has 1 unspecified atom stereocenters. The number of benzene rings is 1. The lowest BCUT2D eigenvalue weighted by Crippen LogP contribution is -3.17. The van der Waals surface area contributed by atoms with E-state index < -0.39 is 6.09 Å². The number of carbonyl (C=O) groups is 1. The van der Waals surface area contributed by atoms with Gasteiger partial charge in [-0.1, -0.05) is 16.7 Å². The van der Waals surface area contributed by atoms with Crippen molar-refractivity contribution in [1.82, 2.24) is 11.0 Å². The van der Waals surface area contributed by atoms with Crippen molar-refractivity contribution in [1.29, 1.82) is 0 Å². The first kappa shape index (κ1) is 8.31. The predicted octanol–water partition coefficient (Wildman–Crippen LogP) is -0.0692. The summed E-state index contributed by atoms with van der Waals surface area (Å²) in [5.74, 6) is 0. The maximum absolute atomic E-state index is 10.7. The van der Waals surface area contributed by atoms with Crippen LogP contribution in [0, 0.1) is 0 Å². The normalized spacial score (nSPS) is 21.0. The third-order valence-electron chi connectivity index (χ3n) is 1.61. The van der Waals surface area contributed by atoms with Crippen molar-refractivity contribution < 1.29 is 14.8 Å². The fraction of sp³-hybridized carbons (Fsp3) is 0. The van der Waals surface area contributed by atoms with Gasteiger partial charge in [-0.25, -0.2) is 4.79 Å². The van der Waals surface area contributed by atoms with E-state index >= 15 is 0 Å². The third-order valence-corrected chi connectivity index (χ3v) is 1.86. The molecule has 2 rings (SSSR count). The third kappa shape index (κ3) is 1.72. The molecule has 1 amide bonds. The molecule has 0 aliphatic carbocycles. The molecule has 1 aromatic rings. The summed E-state index contributed by atoms with van der Waals surface area (Å²) in [6.07, 6.45) is -0.509. The molecule has 68 valence electrons. The number of amides is 1. The van der Waals surface area contributed by atoms with Crippen LogP contribution in [-0.4, -0.2) is 6.09 Å². The molecular weight excluding hydrogens is 194 g/mol. The van der Waals surface area contributed by atoms with E-state index in [1.54, 1.807) is 24.3 Å². The number of rotatable bonds is 1. The zero-order chi connectivity index (χ0) is 9.26. The Balaban J connectivity index is 2.17. The summed E-state index contributed by atoms with van der Waals surface area (Å²) in [6, 6.07) is 7.02. The van der Waals surface area contributed by atoms with Gasteiger partial charge in [0.2, 0.25) is 0 Å². The quantitative estimate of drug-likeness (QED) is 0.595. The number of hydrogen-bond acceptors (Lipinski definition) is 3. The van der Waals surface area contributed by atoms with Crippen LogP contribution in [0.2, 0.25) is 5.02 Å². The van der Waals surface area contributed by atoms with Crippen LogP contribution in [-0.2, 0) is 4.84 Å². The second-order valence-corrected chi connectivity index (χ2v) is 2.93. The van der Waals surface area contributed by atoms with E-state index in [0.29, 0.717) is 10.1 Å². The summed E-state index contributed by atoms with van der Waals surface area (Å²) in [6.45, 7) is 0. The molecule has 5 nitrogen and oxygen atoms in total. The number of halogens is 1. The van der Waals surface area contributed by atoms with Crippen molar-refractivity contribution >= 4 is 23.4 Å². The average molecular weight is 201 g/mol. The Morgan fingerprint density at radius 2 is 2.00 bits per heavy atom. The van der Waals surface area contributed by atoms with Crippen LogP contribution in [0.3, 0.4) is 0 Å². The zero-order valence-electron chi connectivity index (χ0n) is 6.50. The van der Waals surface area contributed by atoms with Gasteiger partial charge in [-0.05, 0) is 12.1 Å². The highest BCUT2D eigenvalue weighted by Crippen LogP contribution is 2.09. The van der Waals surface area contributed by atoms with Gasteiger partial charge in [0.05, 0.1) is 0 Å². The van der Waals surface area contributed by atoms with Gasteiger partial charge in [0.1, 0.15) is 0 Å². The van der Waals surface area contributed by atoms with Crippen LogP contribution in [0.5, 0.6) is 0 Å². The van der Waals surface area contributed by atoms with Gasteiger partial charge in [0, 0.05) is 22.7 Å². The van der Waals surface area contributed by atoms with Crippen LogP contribution in [0.1, 0.15) is 0 Å². The summed E-state index contributed by atoms with van der Waals surface area (Å²) in [4.78, 5) is 15.1. The molecule has 1 fully saturated rings. The number of carbonyl (C=O) groups excluding carboxylic acids is 1. The minimum Gasteiger partial charge on any atom is -0.300 e. The van der Waals surface area contributed by atoms with Crippen LogP contribution in [0.4, 0.5) is 10.5 Å². The van der Waals surface area contributed by atoms with Gasteiger partial charge < -0.3 is 4.84 Å². The SMILES string of the molecule is O=C1N[NH+](c2ccc(Cl)cc2)NO1. The van der Waals surface area contributed by atoms with E-state index in [9.17, 15) is 4.79 Å². The molecule has 0 bridgehead atoms. The molecule has 0 radical (unpaired) electrons. The molecule has 1 aliphatic heterocycles. The molecular formula is C7H7ClN3O2+. The van der Waals surface area contributed by atoms with Crippen molar-refractivity contribution in [2.24, 2.45) is 0 Å². The van der Waals surface area contributed by atoms with Crippen molar-refractivity contribution in [3.8, 4) is 0 Å². The molecule has 1 heterocycles. The lowest BCUT2D eigenvalue weighted by molar-refractivity contribution is -0.925. The summed E-state index contributed by atoms with van der Waals surface area (Å²) in [5.41, 5.74) is 5.76. The topological polar surface area (TPSA) is 54.8 Å². The van der Waals surface area contributed by atoms with Gasteiger partial charge in [-0.3, -0.25) is 0 Å². The largest absolute Gasteiger partial charge is 0.477 e. The minimum atomic E-state index is -0.509. The number of quaternary nitrogens is 1. The molecule has 0 aromatic heterocycles. The molecule has 1 aliphatic rings. The Labute approximate surface area is 79.1 Å². The summed E-state index contributed by atoms with van der Waals surface area (Å²) in [7, 11) is 0. The Morgan fingerprint density at radius 3 is 2.54 bits per heavy atom. The first-order valence-corrected chi connectivity index (χ1v) is 4.00. The van der Waals surface area contributed by atoms with Crippen molar-refractivity contribution in [3.05, 3.63) is 29.3 Å². The van der Waals surface area contributed by atoms with Gasteiger partial charge >= 0.3 is 6.09 Å². The van der Waals surface area contributed by atoms with E-state index in [2.05, 4.69) is 15.9 Å². The van der Waals surface area contributed by atoms with E-state index in [1.807, 2.05) is 0 Å². The molecule has 1 saturated heterocycles. The minimum absolute atomic E-state index is 0.509. The molecule has 1 atom stereocenters. The molecule has 13 heavy (non-hydrogen) atoms. The fourth-order valence-electron chi connectivity index (χ4n) is 0.998. The number of nitrogens with one attached hydrogen (secondary N) is 3. The Bertz CT molecular complexity index is 327. The van der Waals surface area contributed by atoms with E-state index in [0.717, 1.165) is 5.69 Å². The Morgan fingerprint density at radius 1 is 1.31 bits per heavy atom. The number of hydrogen-bond donors (Lipinski definition) is 3. The second-order valence-electron chi connectivity index (χ2n) is 2.50. The van der Waals surface area contributed by atoms with Crippen LogP contribution >= 0.6 is 11.6 Å². The highest BCUT2D eigenvalue weighted by Gasteiger charge is 2.25. The maximum Gasteiger partial charge on any atom is 0.477 e. The highest BCUT2D eigenvalue weighted by molar-refractivity contribution is 6.30. The Kier molecular flexibility index (Phi) is 2.05.